The third-order valence-corrected chi connectivity index (χ3v) is 3.69. The minimum absolute atomic E-state index is 0.0430. The van der Waals surface area contributed by atoms with Crippen molar-refractivity contribution in [3.05, 3.63) is 77.1 Å². The van der Waals surface area contributed by atoms with Gasteiger partial charge in [-0.25, -0.2) is 20.3 Å². The van der Waals surface area contributed by atoms with Gasteiger partial charge >= 0.3 is 6.04 Å². The van der Waals surface area contributed by atoms with Crippen molar-refractivity contribution in [3.8, 4) is 17.3 Å². The van der Waals surface area contributed by atoms with Crippen LogP contribution in [0.15, 0.2) is 48.5 Å². The quantitative estimate of drug-likeness (QED) is 0.534. The molecule has 0 saturated heterocycles. The van der Waals surface area contributed by atoms with Crippen molar-refractivity contribution in [3.63, 3.8) is 0 Å². The summed E-state index contributed by atoms with van der Waals surface area (Å²) in [6.07, 6.45) is 0. The van der Waals surface area contributed by atoms with Gasteiger partial charge in [-0.05, 0) is 12.1 Å². The van der Waals surface area contributed by atoms with E-state index < -0.39 is 29.0 Å². The Balaban J connectivity index is 2.22. The first-order valence-corrected chi connectivity index (χ1v) is 7.21. The van der Waals surface area contributed by atoms with Gasteiger partial charge in [0.2, 0.25) is 0 Å². The number of halogens is 2. The molecule has 0 amide bonds. The van der Waals surface area contributed by atoms with E-state index in [1.54, 1.807) is 30.3 Å². The second-order valence-electron chi connectivity index (χ2n) is 5.21. The number of nitriles is 1. The Labute approximate surface area is 141 Å². The normalized spacial score (nSPS) is 11.5. The number of pyridine rings is 1. The predicted molar refractivity (Wildman–Crippen MR) is 87.4 cm³/mol. The number of rotatable bonds is 3. The lowest BCUT2D eigenvalue weighted by atomic mass is 10.0. The summed E-state index contributed by atoms with van der Waals surface area (Å²) >= 11 is 0. The molecule has 0 aliphatic heterocycles. The van der Waals surface area contributed by atoms with Crippen LogP contribution in [-0.4, -0.2) is 16.8 Å². The molecule has 1 aromatic heterocycles. The van der Waals surface area contributed by atoms with Crippen molar-refractivity contribution in [1.29, 1.82) is 5.26 Å². The first kappa shape index (κ1) is 16.2. The highest BCUT2D eigenvalue weighted by Crippen LogP contribution is 2.27. The number of hydrogen-bond acceptors (Lipinski definition) is 3. The highest BCUT2D eigenvalue weighted by molar-refractivity contribution is 6.05. The lowest BCUT2D eigenvalue weighted by Gasteiger charge is -2.08. The number of aromatic nitrogens is 1. The van der Waals surface area contributed by atoms with E-state index in [1.165, 1.54) is 12.1 Å². The maximum atomic E-state index is 14.8. The lowest BCUT2D eigenvalue weighted by molar-refractivity contribution is 0.0988. The van der Waals surface area contributed by atoms with Crippen molar-refractivity contribution in [2.75, 3.05) is 0 Å². The summed E-state index contributed by atoms with van der Waals surface area (Å²) < 4.78 is 29.1. The molecule has 0 aliphatic rings. The summed E-state index contributed by atoms with van der Waals surface area (Å²) in [5.74, 6) is -2.53. The summed E-state index contributed by atoms with van der Waals surface area (Å²) in [6.45, 7) is 6.84. The van der Waals surface area contributed by atoms with Gasteiger partial charge in [-0.3, -0.25) is 9.64 Å². The number of fused-ring (bicyclic) bond motifs is 1. The van der Waals surface area contributed by atoms with Gasteiger partial charge in [0.15, 0.2) is 11.9 Å². The van der Waals surface area contributed by atoms with Crippen molar-refractivity contribution >= 4 is 16.7 Å². The zero-order chi connectivity index (χ0) is 18.0. The Bertz CT molecular complexity index is 1050. The van der Waals surface area contributed by atoms with Gasteiger partial charge in [0.1, 0.15) is 17.0 Å². The maximum Gasteiger partial charge on any atom is 0.368 e. The van der Waals surface area contributed by atoms with Crippen LogP contribution in [0.3, 0.4) is 0 Å². The molecular formula is C19H9F2N3O. The van der Waals surface area contributed by atoms with E-state index in [2.05, 4.69) is 9.83 Å². The molecule has 0 bridgehead atoms. The SMILES string of the molecule is [C-]#[N+]C(C#N)C(=O)c1ccc2cc(F)c(-c3ccccc3)nc2c1F. The molecule has 1 heterocycles. The van der Waals surface area contributed by atoms with Gasteiger partial charge in [0.25, 0.3) is 5.78 Å². The zero-order valence-corrected chi connectivity index (χ0v) is 12.7. The van der Waals surface area contributed by atoms with Gasteiger partial charge in [0.05, 0.1) is 5.56 Å². The predicted octanol–water partition coefficient (Wildman–Crippen LogP) is 4.17. The van der Waals surface area contributed by atoms with E-state index in [4.69, 9.17) is 11.8 Å². The first-order chi connectivity index (χ1) is 12.1. The molecule has 0 saturated carbocycles. The van der Waals surface area contributed by atoms with Crippen LogP contribution in [0.1, 0.15) is 10.4 Å². The van der Waals surface area contributed by atoms with E-state index in [0.29, 0.717) is 5.56 Å². The van der Waals surface area contributed by atoms with E-state index in [-0.39, 0.29) is 16.6 Å². The molecule has 0 spiro atoms. The number of Topliss-reactive ketones (excluding diaryl/α,β-unsaturated/α-hetero) is 1. The summed E-state index contributed by atoms with van der Waals surface area (Å²) in [7, 11) is 0. The monoisotopic (exact) mass is 333 g/mol. The Kier molecular flexibility index (Phi) is 4.20. The molecule has 120 valence electrons. The van der Waals surface area contributed by atoms with Crippen LogP contribution < -0.4 is 0 Å². The van der Waals surface area contributed by atoms with Gasteiger partial charge in [-0.1, -0.05) is 36.4 Å². The summed E-state index contributed by atoms with van der Waals surface area (Å²) in [5.41, 5.74) is -0.173. The van der Waals surface area contributed by atoms with E-state index in [9.17, 15) is 13.6 Å². The molecule has 4 nitrogen and oxygen atoms in total. The standard InChI is InChI=1S/C19H9F2N3O/c1-23-15(10-22)19(25)13-8-7-12-9-14(20)17(24-18(12)16(13)21)11-5-3-2-4-6-11/h2-9,15H. The minimum Gasteiger partial charge on any atom is -0.288 e. The molecule has 1 unspecified atom stereocenters. The highest BCUT2D eigenvalue weighted by Gasteiger charge is 2.28. The molecule has 0 radical (unpaired) electrons. The molecular weight excluding hydrogens is 324 g/mol. The molecule has 0 fully saturated rings. The van der Waals surface area contributed by atoms with Gasteiger partial charge < -0.3 is 0 Å². The number of carbonyl (C=O) groups excluding carboxylic acids is 1. The highest BCUT2D eigenvalue weighted by atomic mass is 19.1. The zero-order valence-electron chi connectivity index (χ0n) is 12.7. The topological polar surface area (TPSA) is 58.1 Å². The van der Waals surface area contributed by atoms with Gasteiger partial charge in [-0.15, -0.1) is 0 Å². The smallest absolute Gasteiger partial charge is 0.288 e. The number of benzene rings is 2. The van der Waals surface area contributed by atoms with E-state index in [0.717, 1.165) is 12.1 Å². The maximum absolute atomic E-state index is 14.8. The second-order valence-corrected chi connectivity index (χ2v) is 5.21. The molecule has 0 N–H and O–H groups in total. The minimum atomic E-state index is -1.62. The van der Waals surface area contributed by atoms with Crippen LogP contribution in [-0.2, 0) is 0 Å². The molecule has 6 heteroatoms. The van der Waals surface area contributed by atoms with Crippen LogP contribution in [0.4, 0.5) is 8.78 Å². The fraction of sp³-hybridized carbons (Fsp3) is 0.0526. The molecule has 3 aromatic rings. The fourth-order valence-corrected chi connectivity index (χ4v) is 2.46. The second kappa shape index (κ2) is 6.46. The van der Waals surface area contributed by atoms with E-state index >= 15 is 0 Å². The van der Waals surface area contributed by atoms with Crippen molar-refractivity contribution in [2.24, 2.45) is 0 Å². The number of ketones is 1. The third kappa shape index (κ3) is 2.82. The van der Waals surface area contributed by atoms with Gasteiger partial charge in [0, 0.05) is 10.9 Å². The van der Waals surface area contributed by atoms with Crippen molar-refractivity contribution in [2.45, 2.75) is 6.04 Å². The average Bonchev–Trinajstić information content (AvgIpc) is 2.63. The lowest BCUT2D eigenvalue weighted by Crippen LogP contribution is -2.16. The van der Waals surface area contributed by atoms with Crippen LogP contribution in [0, 0.1) is 29.5 Å². The molecule has 2 aromatic carbocycles. The fourth-order valence-electron chi connectivity index (χ4n) is 2.46. The first-order valence-electron chi connectivity index (χ1n) is 7.21. The summed E-state index contributed by atoms with van der Waals surface area (Å²) in [5, 5.41) is 9.00. The number of hydrogen-bond donors (Lipinski definition) is 0. The average molecular weight is 333 g/mol. The molecule has 0 aliphatic carbocycles. The molecule has 25 heavy (non-hydrogen) atoms. The van der Waals surface area contributed by atoms with Gasteiger partial charge in [-0.2, -0.15) is 5.26 Å². The molecule has 3 rings (SSSR count). The van der Waals surface area contributed by atoms with E-state index in [1.807, 2.05) is 0 Å². The Hall–Kier alpha value is -3.64. The Morgan fingerprint density at radius 3 is 2.56 bits per heavy atom. The van der Waals surface area contributed by atoms with Crippen LogP contribution >= 0.6 is 0 Å². The number of carbonyl (C=O) groups is 1. The summed E-state index contributed by atoms with van der Waals surface area (Å²) in [4.78, 5) is 19.0. The van der Waals surface area contributed by atoms with Crippen molar-refractivity contribution in [1.82, 2.24) is 4.98 Å². The summed E-state index contributed by atoms with van der Waals surface area (Å²) in [6, 6.07) is 11.9. The van der Waals surface area contributed by atoms with Crippen LogP contribution in [0.5, 0.6) is 0 Å². The van der Waals surface area contributed by atoms with Crippen LogP contribution in [0.2, 0.25) is 0 Å². The number of nitrogens with zero attached hydrogens (tertiary/aromatic N) is 3. The Morgan fingerprint density at radius 1 is 1.20 bits per heavy atom. The van der Waals surface area contributed by atoms with Crippen LogP contribution in [0.25, 0.3) is 27.0 Å². The third-order valence-electron chi connectivity index (χ3n) is 3.69. The molecule has 1 atom stereocenters. The van der Waals surface area contributed by atoms with Crippen molar-refractivity contribution < 1.29 is 13.6 Å². The Morgan fingerprint density at radius 2 is 1.92 bits per heavy atom. The largest absolute Gasteiger partial charge is 0.368 e.